The number of aromatic amines is 1. The molecule has 1 atom stereocenters. The number of nitrogens with one attached hydrogen (secondary N) is 2. The van der Waals surface area contributed by atoms with Gasteiger partial charge in [0.05, 0.1) is 7.11 Å². The molecule has 7 nitrogen and oxygen atoms in total. The molecule has 0 radical (unpaired) electrons. The van der Waals surface area contributed by atoms with Gasteiger partial charge in [0, 0.05) is 23.0 Å². The van der Waals surface area contributed by atoms with E-state index in [1.807, 2.05) is 30.3 Å². The Labute approximate surface area is 159 Å². The van der Waals surface area contributed by atoms with Crippen LogP contribution in [0.3, 0.4) is 0 Å². The number of amides is 1. The van der Waals surface area contributed by atoms with E-state index >= 15 is 0 Å². The number of methoxy groups -OCH3 is 1. The highest BCUT2D eigenvalue weighted by Gasteiger charge is 2.24. The highest BCUT2D eigenvalue weighted by atomic mass is 16.5. The summed E-state index contributed by atoms with van der Waals surface area (Å²) < 4.78 is 10.7. The van der Waals surface area contributed by atoms with Crippen LogP contribution in [0.15, 0.2) is 59.0 Å². The first kappa shape index (κ1) is 17.7. The number of benzene rings is 2. The Hall–Kier alpha value is -3.74. The number of carbonyl (C=O) groups excluding carboxylic acids is 1. The molecular formula is C21H18N2O5. The number of para-hydroxylation sites is 1. The van der Waals surface area contributed by atoms with Crippen LogP contribution in [-0.2, 0) is 11.2 Å². The Morgan fingerprint density at radius 1 is 1.14 bits per heavy atom. The second-order valence-corrected chi connectivity index (χ2v) is 6.46. The van der Waals surface area contributed by atoms with E-state index in [-0.39, 0.29) is 12.2 Å². The molecule has 2 aromatic heterocycles. The average Bonchev–Trinajstić information content (AvgIpc) is 3.29. The average molecular weight is 378 g/mol. The first-order valence-corrected chi connectivity index (χ1v) is 8.71. The topological polar surface area (TPSA) is 105 Å². The van der Waals surface area contributed by atoms with Crippen molar-refractivity contribution in [1.82, 2.24) is 10.3 Å². The van der Waals surface area contributed by atoms with Gasteiger partial charge in [-0.25, -0.2) is 4.79 Å². The number of aromatic nitrogens is 1. The van der Waals surface area contributed by atoms with Crippen molar-refractivity contribution in [2.75, 3.05) is 7.11 Å². The summed E-state index contributed by atoms with van der Waals surface area (Å²) in [6, 6.07) is 15.2. The van der Waals surface area contributed by atoms with Crippen molar-refractivity contribution in [3.05, 3.63) is 66.1 Å². The fourth-order valence-corrected chi connectivity index (χ4v) is 3.15. The van der Waals surface area contributed by atoms with E-state index in [9.17, 15) is 14.7 Å². The Balaban J connectivity index is 1.54. The fourth-order valence-electron chi connectivity index (χ4n) is 3.15. The van der Waals surface area contributed by atoms with Crippen LogP contribution in [0.2, 0.25) is 0 Å². The van der Waals surface area contributed by atoms with Crippen LogP contribution in [0.5, 0.6) is 5.75 Å². The number of carbonyl (C=O) groups is 2. The number of ether oxygens (including phenoxy) is 1. The summed E-state index contributed by atoms with van der Waals surface area (Å²) in [6.07, 6.45) is 0.129. The number of rotatable bonds is 6. The lowest BCUT2D eigenvalue weighted by Crippen LogP contribution is -2.42. The molecule has 0 aliphatic carbocycles. The number of hydrogen-bond acceptors (Lipinski definition) is 4. The fraction of sp³-hybridized carbons (Fsp3) is 0.143. The summed E-state index contributed by atoms with van der Waals surface area (Å²) >= 11 is 0. The van der Waals surface area contributed by atoms with Crippen LogP contribution < -0.4 is 10.1 Å². The highest BCUT2D eigenvalue weighted by molar-refractivity contribution is 5.98. The van der Waals surface area contributed by atoms with Crippen molar-refractivity contribution in [3.63, 3.8) is 0 Å². The van der Waals surface area contributed by atoms with Crippen molar-refractivity contribution >= 4 is 33.7 Å². The summed E-state index contributed by atoms with van der Waals surface area (Å²) in [5, 5.41) is 13.8. The molecular weight excluding hydrogens is 360 g/mol. The number of H-pyrrole nitrogens is 1. The number of carboxylic acids is 1. The van der Waals surface area contributed by atoms with Gasteiger partial charge >= 0.3 is 5.97 Å². The number of carboxylic acid groups (broad SMARTS) is 1. The van der Waals surface area contributed by atoms with Crippen LogP contribution in [0.25, 0.3) is 21.9 Å². The number of hydrogen-bond donors (Lipinski definition) is 3. The standard InChI is InChI=1S/C21H18N2O5/c1-27-15-6-7-18-13(9-15)10-19(28-18)20(24)23-17(21(25)26)11-14-8-12-4-2-3-5-16(12)22-14/h2-10,17,22H,11H2,1H3,(H,23,24)(H,25,26)/t17-/m0/s1. The molecule has 0 saturated carbocycles. The second-order valence-electron chi connectivity index (χ2n) is 6.46. The number of furan rings is 1. The first-order valence-electron chi connectivity index (χ1n) is 8.71. The molecule has 0 fully saturated rings. The van der Waals surface area contributed by atoms with Crippen molar-refractivity contribution in [3.8, 4) is 5.75 Å². The summed E-state index contributed by atoms with van der Waals surface area (Å²) in [5.74, 6) is -1.02. The van der Waals surface area contributed by atoms with Gasteiger partial charge in [-0.15, -0.1) is 0 Å². The molecule has 3 N–H and O–H groups in total. The SMILES string of the molecule is COc1ccc2oc(C(=O)N[C@@H](Cc3cc4ccccc4[nH]3)C(=O)O)cc2c1. The van der Waals surface area contributed by atoms with Gasteiger partial charge in [-0.2, -0.15) is 0 Å². The minimum atomic E-state index is -1.12. The zero-order valence-electron chi connectivity index (χ0n) is 15.1. The maximum atomic E-state index is 12.5. The molecule has 0 bridgehead atoms. The lowest BCUT2D eigenvalue weighted by atomic mass is 10.1. The maximum absolute atomic E-state index is 12.5. The lowest BCUT2D eigenvalue weighted by Gasteiger charge is -2.12. The Morgan fingerprint density at radius 2 is 1.96 bits per heavy atom. The van der Waals surface area contributed by atoms with Gasteiger partial charge in [0.1, 0.15) is 17.4 Å². The molecule has 0 aliphatic heterocycles. The quantitative estimate of drug-likeness (QED) is 0.477. The molecule has 0 saturated heterocycles. The largest absolute Gasteiger partial charge is 0.497 e. The zero-order chi connectivity index (χ0) is 19.7. The van der Waals surface area contributed by atoms with Gasteiger partial charge in [0.25, 0.3) is 5.91 Å². The zero-order valence-corrected chi connectivity index (χ0v) is 15.1. The van der Waals surface area contributed by atoms with Gasteiger partial charge in [-0.3, -0.25) is 4.79 Å². The third-order valence-corrected chi connectivity index (χ3v) is 4.56. The van der Waals surface area contributed by atoms with Crippen LogP contribution >= 0.6 is 0 Å². The summed E-state index contributed by atoms with van der Waals surface area (Å²) in [5.41, 5.74) is 2.16. The molecule has 2 aromatic carbocycles. The molecule has 142 valence electrons. The molecule has 0 spiro atoms. The Morgan fingerprint density at radius 3 is 2.71 bits per heavy atom. The summed E-state index contributed by atoms with van der Waals surface area (Å²) in [6.45, 7) is 0. The van der Waals surface area contributed by atoms with Gasteiger partial charge < -0.3 is 24.6 Å². The van der Waals surface area contributed by atoms with E-state index in [1.54, 1.807) is 31.4 Å². The lowest BCUT2D eigenvalue weighted by molar-refractivity contribution is -0.139. The Bertz CT molecular complexity index is 1140. The van der Waals surface area contributed by atoms with E-state index in [1.165, 1.54) is 0 Å². The molecule has 7 heteroatoms. The van der Waals surface area contributed by atoms with Crippen molar-refractivity contribution in [2.24, 2.45) is 0 Å². The molecule has 2 heterocycles. The van der Waals surface area contributed by atoms with Crippen LogP contribution in [-0.4, -0.2) is 35.1 Å². The molecule has 1 amide bonds. The molecule has 0 aliphatic rings. The molecule has 4 aromatic rings. The first-order chi connectivity index (χ1) is 13.5. The van der Waals surface area contributed by atoms with Gasteiger partial charge in [0.2, 0.25) is 0 Å². The van der Waals surface area contributed by atoms with E-state index in [4.69, 9.17) is 9.15 Å². The molecule has 28 heavy (non-hydrogen) atoms. The van der Waals surface area contributed by atoms with E-state index < -0.39 is 17.9 Å². The minimum absolute atomic E-state index is 0.0474. The van der Waals surface area contributed by atoms with Crippen LogP contribution in [0.4, 0.5) is 0 Å². The highest BCUT2D eigenvalue weighted by Crippen LogP contribution is 2.24. The number of fused-ring (bicyclic) bond motifs is 2. The van der Waals surface area contributed by atoms with Gasteiger partial charge in [0.15, 0.2) is 5.76 Å². The predicted octanol–water partition coefficient (Wildman–Crippen LogP) is 3.35. The summed E-state index contributed by atoms with van der Waals surface area (Å²) in [4.78, 5) is 27.4. The van der Waals surface area contributed by atoms with Crippen LogP contribution in [0, 0.1) is 0 Å². The third-order valence-electron chi connectivity index (χ3n) is 4.56. The van der Waals surface area contributed by atoms with Crippen molar-refractivity contribution in [1.29, 1.82) is 0 Å². The van der Waals surface area contributed by atoms with Gasteiger partial charge in [-0.1, -0.05) is 18.2 Å². The smallest absolute Gasteiger partial charge is 0.326 e. The predicted molar refractivity (Wildman–Crippen MR) is 104 cm³/mol. The monoisotopic (exact) mass is 378 g/mol. The van der Waals surface area contributed by atoms with E-state index in [0.717, 1.165) is 16.6 Å². The van der Waals surface area contributed by atoms with E-state index in [2.05, 4.69) is 10.3 Å². The number of aliphatic carboxylic acids is 1. The summed E-state index contributed by atoms with van der Waals surface area (Å²) in [7, 11) is 1.55. The molecule has 4 rings (SSSR count). The van der Waals surface area contributed by atoms with E-state index in [0.29, 0.717) is 16.7 Å². The van der Waals surface area contributed by atoms with Crippen molar-refractivity contribution in [2.45, 2.75) is 12.5 Å². The van der Waals surface area contributed by atoms with Crippen LogP contribution in [0.1, 0.15) is 16.2 Å². The second kappa shape index (κ2) is 7.11. The van der Waals surface area contributed by atoms with Crippen molar-refractivity contribution < 1.29 is 23.8 Å². The maximum Gasteiger partial charge on any atom is 0.326 e. The normalized spacial score (nSPS) is 12.2. The third kappa shape index (κ3) is 3.42. The van der Waals surface area contributed by atoms with Gasteiger partial charge in [-0.05, 0) is 41.8 Å². The molecule has 0 unspecified atom stereocenters. The minimum Gasteiger partial charge on any atom is -0.497 e. The Kier molecular flexibility index (Phi) is 4.49.